The monoisotopic (exact) mass is 308 g/mol. The molecule has 0 saturated carbocycles. The average Bonchev–Trinajstić information content (AvgIpc) is 2.66. The predicted octanol–water partition coefficient (Wildman–Crippen LogP) is 3.78. The smallest absolute Gasteiger partial charge is 0.419 e. The van der Waals surface area contributed by atoms with E-state index in [2.05, 4.69) is 0 Å². The summed E-state index contributed by atoms with van der Waals surface area (Å²) >= 11 is 5.92. The molecule has 0 amide bonds. The van der Waals surface area contributed by atoms with Crippen molar-refractivity contribution in [2.45, 2.75) is 37.4 Å². The minimum atomic E-state index is -4.61. The van der Waals surface area contributed by atoms with Crippen LogP contribution in [0.5, 0.6) is 5.75 Å². The molecule has 0 saturated heterocycles. The second-order valence-electron chi connectivity index (χ2n) is 4.59. The van der Waals surface area contributed by atoms with Crippen LogP contribution in [-0.4, -0.2) is 17.2 Å². The van der Waals surface area contributed by atoms with Gasteiger partial charge in [0.05, 0.1) is 5.56 Å². The van der Waals surface area contributed by atoms with E-state index in [4.69, 9.17) is 21.4 Å². The summed E-state index contributed by atoms with van der Waals surface area (Å²) in [5.41, 5.74) is -0.399. The van der Waals surface area contributed by atoms with E-state index in [-0.39, 0.29) is 5.56 Å². The lowest BCUT2D eigenvalue weighted by Gasteiger charge is -2.14. The molecular formula is C13H12ClF3O3. The van der Waals surface area contributed by atoms with Gasteiger partial charge in [-0.2, -0.15) is 13.2 Å². The second kappa shape index (κ2) is 5.16. The number of ether oxygens (including phenoxy) is 1. The van der Waals surface area contributed by atoms with Gasteiger partial charge in [-0.25, -0.2) is 4.79 Å². The standard InChI is InChI=1S/C13H12ClF3O3/c1-2-3-6-4-7-9(14)11(12(18)19)20-10(7)8(5-6)13(15,16)17/h4-5,9,11H,2-3H2,1H3,(H,18,19). The van der Waals surface area contributed by atoms with Gasteiger partial charge in [0.15, 0.2) is 0 Å². The minimum absolute atomic E-state index is 0.0948. The van der Waals surface area contributed by atoms with E-state index >= 15 is 0 Å². The fourth-order valence-corrected chi connectivity index (χ4v) is 2.54. The molecule has 1 N–H and O–H groups in total. The van der Waals surface area contributed by atoms with E-state index in [0.29, 0.717) is 18.4 Å². The number of rotatable bonds is 3. The van der Waals surface area contributed by atoms with Crippen molar-refractivity contribution in [2.75, 3.05) is 0 Å². The number of carboxylic acid groups (broad SMARTS) is 1. The van der Waals surface area contributed by atoms with E-state index in [1.165, 1.54) is 6.07 Å². The highest BCUT2D eigenvalue weighted by molar-refractivity contribution is 6.23. The molecule has 2 unspecified atom stereocenters. The van der Waals surface area contributed by atoms with Crippen molar-refractivity contribution in [2.24, 2.45) is 0 Å². The predicted molar refractivity (Wildman–Crippen MR) is 66.1 cm³/mol. The second-order valence-corrected chi connectivity index (χ2v) is 5.06. The van der Waals surface area contributed by atoms with Gasteiger partial charge in [0.1, 0.15) is 11.1 Å². The summed E-state index contributed by atoms with van der Waals surface area (Å²) < 4.78 is 44.1. The van der Waals surface area contributed by atoms with Crippen molar-refractivity contribution in [3.8, 4) is 5.75 Å². The molecule has 0 radical (unpaired) electrons. The van der Waals surface area contributed by atoms with Gasteiger partial charge in [-0.15, -0.1) is 11.6 Å². The Balaban J connectivity index is 2.56. The van der Waals surface area contributed by atoms with Crippen LogP contribution in [0.15, 0.2) is 12.1 Å². The maximum Gasteiger partial charge on any atom is 0.419 e. The molecule has 0 fully saturated rings. The van der Waals surface area contributed by atoms with Crippen LogP contribution in [0.2, 0.25) is 0 Å². The third-order valence-corrected chi connectivity index (χ3v) is 3.54. The Labute approximate surface area is 118 Å². The Kier molecular flexibility index (Phi) is 3.86. The molecule has 0 aliphatic carbocycles. The van der Waals surface area contributed by atoms with Gasteiger partial charge in [-0.05, 0) is 18.1 Å². The zero-order valence-electron chi connectivity index (χ0n) is 10.5. The van der Waals surface area contributed by atoms with Gasteiger partial charge < -0.3 is 9.84 Å². The number of carboxylic acids is 1. The van der Waals surface area contributed by atoms with E-state index in [1.807, 2.05) is 6.92 Å². The number of aliphatic carboxylic acids is 1. The summed E-state index contributed by atoms with van der Waals surface area (Å²) in [5.74, 6) is -1.85. The summed E-state index contributed by atoms with van der Waals surface area (Å²) in [4.78, 5) is 11.0. The molecule has 2 rings (SSSR count). The van der Waals surface area contributed by atoms with Gasteiger partial charge in [-0.1, -0.05) is 19.4 Å². The highest BCUT2D eigenvalue weighted by atomic mass is 35.5. The molecule has 1 aliphatic heterocycles. The van der Waals surface area contributed by atoms with Crippen LogP contribution in [0, 0.1) is 0 Å². The van der Waals surface area contributed by atoms with E-state index in [9.17, 15) is 18.0 Å². The van der Waals surface area contributed by atoms with Gasteiger partial charge in [-0.3, -0.25) is 0 Å². The van der Waals surface area contributed by atoms with Gasteiger partial charge >= 0.3 is 12.1 Å². The molecule has 1 heterocycles. The average molecular weight is 309 g/mol. The quantitative estimate of drug-likeness (QED) is 0.864. The number of carbonyl (C=O) groups is 1. The Hall–Kier alpha value is -1.43. The summed E-state index contributed by atoms with van der Waals surface area (Å²) in [6.45, 7) is 1.84. The van der Waals surface area contributed by atoms with Gasteiger partial charge in [0, 0.05) is 5.56 Å². The molecule has 2 atom stereocenters. The summed E-state index contributed by atoms with van der Waals surface area (Å²) in [6, 6.07) is 2.49. The van der Waals surface area contributed by atoms with Crippen molar-refractivity contribution in [1.82, 2.24) is 0 Å². The first-order valence-electron chi connectivity index (χ1n) is 6.03. The number of aryl methyl sites for hydroxylation is 1. The molecule has 7 heteroatoms. The fourth-order valence-electron chi connectivity index (χ4n) is 2.22. The van der Waals surface area contributed by atoms with Crippen LogP contribution in [0.3, 0.4) is 0 Å². The van der Waals surface area contributed by atoms with Crippen LogP contribution in [-0.2, 0) is 17.4 Å². The fraction of sp³-hybridized carbons (Fsp3) is 0.462. The Bertz CT molecular complexity index is 542. The number of fused-ring (bicyclic) bond motifs is 1. The maximum absolute atomic E-state index is 13.0. The Morgan fingerprint density at radius 2 is 2.10 bits per heavy atom. The SMILES string of the molecule is CCCc1cc2c(c(C(F)(F)F)c1)OC(C(=O)O)C2Cl. The van der Waals surface area contributed by atoms with Crippen molar-refractivity contribution >= 4 is 17.6 Å². The van der Waals surface area contributed by atoms with Crippen molar-refractivity contribution in [1.29, 1.82) is 0 Å². The lowest BCUT2D eigenvalue weighted by Crippen LogP contribution is -2.26. The zero-order chi connectivity index (χ0) is 15.1. The Morgan fingerprint density at radius 3 is 2.60 bits per heavy atom. The summed E-state index contributed by atoms with van der Waals surface area (Å²) in [6.07, 6.45) is -4.98. The zero-order valence-corrected chi connectivity index (χ0v) is 11.3. The third kappa shape index (κ3) is 2.57. The summed E-state index contributed by atoms with van der Waals surface area (Å²) in [5, 5.41) is 7.81. The van der Waals surface area contributed by atoms with Crippen LogP contribution in [0.25, 0.3) is 0 Å². The molecule has 110 valence electrons. The number of halogens is 4. The van der Waals surface area contributed by atoms with Crippen molar-refractivity contribution < 1.29 is 27.8 Å². The highest BCUT2D eigenvalue weighted by Crippen LogP contribution is 2.48. The number of hydrogen-bond donors (Lipinski definition) is 1. The molecule has 1 aromatic carbocycles. The van der Waals surface area contributed by atoms with E-state index in [1.54, 1.807) is 0 Å². The highest BCUT2D eigenvalue weighted by Gasteiger charge is 2.45. The Morgan fingerprint density at radius 1 is 1.45 bits per heavy atom. The topological polar surface area (TPSA) is 46.5 Å². The van der Waals surface area contributed by atoms with Gasteiger partial charge in [0.25, 0.3) is 0 Å². The number of benzene rings is 1. The largest absolute Gasteiger partial charge is 0.478 e. The molecule has 0 spiro atoms. The molecule has 0 bridgehead atoms. The van der Waals surface area contributed by atoms with Crippen molar-refractivity contribution in [3.63, 3.8) is 0 Å². The summed E-state index contributed by atoms with van der Waals surface area (Å²) in [7, 11) is 0. The molecule has 1 aliphatic rings. The first kappa shape index (κ1) is 15.0. The maximum atomic E-state index is 13.0. The molecular weight excluding hydrogens is 297 g/mol. The number of hydrogen-bond acceptors (Lipinski definition) is 2. The van der Waals surface area contributed by atoms with Crippen molar-refractivity contribution in [3.05, 3.63) is 28.8 Å². The lowest BCUT2D eigenvalue weighted by atomic mass is 9.99. The minimum Gasteiger partial charge on any atom is -0.478 e. The van der Waals surface area contributed by atoms with Gasteiger partial charge in [0.2, 0.25) is 6.10 Å². The normalized spacial score (nSPS) is 21.4. The third-order valence-electron chi connectivity index (χ3n) is 3.07. The molecule has 1 aromatic rings. The van der Waals surface area contributed by atoms with Crippen LogP contribution >= 0.6 is 11.6 Å². The first-order valence-corrected chi connectivity index (χ1v) is 6.47. The molecule has 0 aromatic heterocycles. The van der Waals surface area contributed by atoms with Crippen LogP contribution in [0.1, 0.15) is 35.4 Å². The molecule has 20 heavy (non-hydrogen) atoms. The van der Waals surface area contributed by atoms with Crippen LogP contribution < -0.4 is 4.74 Å². The van der Waals surface area contributed by atoms with E-state index in [0.717, 1.165) is 6.07 Å². The van der Waals surface area contributed by atoms with Crippen LogP contribution in [0.4, 0.5) is 13.2 Å². The lowest BCUT2D eigenvalue weighted by molar-refractivity contribution is -0.147. The molecule has 3 nitrogen and oxygen atoms in total. The first-order chi connectivity index (χ1) is 9.25. The number of alkyl halides is 4. The van der Waals surface area contributed by atoms with E-state index < -0.39 is 34.9 Å².